The molecule has 30 heavy (non-hydrogen) atoms. The second-order valence-electron chi connectivity index (χ2n) is 7.13. The van der Waals surface area contributed by atoms with Gasteiger partial charge in [0.2, 0.25) is 0 Å². The van der Waals surface area contributed by atoms with Gasteiger partial charge in [-0.3, -0.25) is 9.52 Å². The van der Waals surface area contributed by atoms with Crippen LogP contribution in [0.15, 0.2) is 44.4 Å². The number of thiophene rings is 1. The van der Waals surface area contributed by atoms with E-state index in [1.54, 1.807) is 6.07 Å². The number of ether oxygens (including phenoxy) is 1. The molecule has 1 amide bonds. The van der Waals surface area contributed by atoms with E-state index in [0.29, 0.717) is 21.9 Å². The van der Waals surface area contributed by atoms with E-state index < -0.39 is 16.0 Å². The van der Waals surface area contributed by atoms with Crippen LogP contribution in [0.25, 0.3) is 0 Å². The Morgan fingerprint density at radius 1 is 1.07 bits per heavy atom. The van der Waals surface area contributed by atoms with E-state index in [-0.39, 0.29) is 22.3 Å². The molecule has 0 unspecified atom stereocenters. The Bertz CT molecular complexity index is 983. The van der Waals surface area contributed by atoms with Gasteiger partial charge in [-0.25, -0.2) is 13.2 Å². The number of hydrogen-bond donors (Lipinski definition) is 2. The third-order valence-corrected chi connectivity index (χ3v) is 8.33. The maximum absolute atomic E-state index is 12.3. The van der Waals surface area contributed by atoms with Crippen molar-refractivity contribution in [3.8, 4) is 0 Å². The predicted octanol–water partition coefficient (Wildman–Crippen LogP) is 4.16. The van der Waals surface area contributed by atoms with Crippen molar-refractivity contribution in [2.45, 2.75) is 36.3 Å². The number of rotatable bonds is 8. The second-order valence-corrected chi connectivity index (χ2v) is 11.5. The lowest BCUT2D eigenvalue weighted by atomic mass is 9.89. The number of anilines is 1. The smallest absolute Gasteiger partial charge is 0.338 e. The first kappa shape index (κ1) is 22.8. The molecule has 7 nitrogen and oxygen atoms in total. The van der Waals surface area contributed by atoms with Gasteiger partial charge in [0.05, 0.1) is 9.35 Å². The van der Waals surface area contributed by atoms with Crippen LogP contribution in [-0.4, -0.2) is 33.4 Å². The molecule has 0 spiro atoms. The minimum atomic E-state index is -3.69. The number of nitrogens with one attached hydrogen (secondary N) is 2. The molecule has 2 aromatic rings. The number of halogens is 1. The van der Waals surface area contributed by atoms with E-state index >= 15 is 0 Å². The fraction of sp³-hybridized carbons (Fsp3) is 0.400. The van der Waals surface area contributed by atoms with Crippen molar-refractivity contribution in [2.75, 3.05) is 17.9 Å². The largest absolute Gasteiger partial charge is 0.452 e. The summed E-state index contributed by atoms with van der Waals surface area (Å²) in [4.78, 5) is 24.0. The maximum Gasteiger partial charge on any atom is 0.338 e. The summed E-state index contributed by atoms with van der Waals surface area (Å²) in [5, 5.41) is 2.82. The third-order valence-electron chi connectivity index (χ3n) is 4.83. The van der Waals surface area contributed by atoms with Gasteiger partial charge in [0.25, 0.3) is 15.9 Å². The van der Waals surface area contributed by atoms with Gasteiger partial charge < -0.3 is 10.1 Å². The zero-order chi connectivity index (χ0) is 21.6. The van der Waals surface area contributed by atoms with Gasteiger partial charge in [-0.2, -0.15) is 0 Å². The molecule has 1 saturated carbocycles. The van der Waals surface area contributed by atoms with Crippen LogP contribution in [0.5, 0.6) is 0 Å². The number of carbonyl (C=O) groups is 2. The minimum absolute atomic E-state index is 0.178. The van der Waals surface area contributed by atoms with Crippen LogP contribution >= 0.6 is 27.3 Å². The topological polar surface area (TPSA) is 102 Å². The van der Waals surface area contributed by atoms with Crippen molar-refractivity contribution >= 4 is 54.9 Å². The molecule has 1 aromatic carbocycles. The van der Waals surface area contributed by atoms with Gasteiger partial charge in [-0.1, -0.05) is 19.3 Å². The highest BCUT2D eigenvalue weighted by molar-refractivity contribution is 9.11. The molecule has 10 heteroatoms. The molecule has 0 aliphatic heterocycles. The summed E-state index contributed by atoms with van der Waals surface area (Å²) >= 11 is 4.33. The molecule has 1 fully saturated rings. The number of hydrogen-bond acceptors (Lipinski definition) is 6. The van der Waals surface area contributed by atoms with Crippen LogP contribution in [-0.2, 0) is 19.6 Å². The summed E-state index contributed by atoms with van der Waals surface area (Å²) in [6.07, 6.45) is 5.91. The summed E-state index contributed by atoms with van der Waals surface area (Å²) < 4.78 is 33.1. The summed E-state index contributed by atoms with van der Waals surface area (Å²) in [6, 6.07) is 9.00. The molecule has 1 aromatic heterocycles. The molecule has 1 heterocycles. The Hall–Kier alpha value is -1.91. The first-order valence-corrected chi connectivity index (χ1v) is 12.7. The Morgan fingerprint density at radius 2 is 1.77 bits per heavy atom. The van der Waals surface area contributed by atoms with E-state index in [2.05, 4.69) is 26.0 Å². The lowest BCUT2D eigenvalue weighted by Gasteiger charge is -2.21. The van der Waals surface area contributed by atoms with Gasteiger partial charge in [-0.05, 0) is 71.1 Å². The standard InChI is InChI=1S/C20H23BrN2O5S2/c21-17-10-11-19(29-17)30(26,27)23-16-8-6-15(7-9-16)20(25)28-13-18(24)22-12-14-4-2-1-3-5-14/h6-11,14,23H,1-5,12-13H2,(H,22,24). The molecule has 3 rings (SSSR count). The number of benzene rings is 1. The van der Waals surface area contributed by atoms with Crippen molar-refractivity contribution in [1.29, 1.82) is 0 Å². The van der Waals surface area contributed by atoms with Crippen LogP contribution in [0.1, 0.15) is 42.5 Å². The first-order chi connectivity index (χ1) is 14.3. The summed E-state index contributed by atoms with van der Waals surface area (Å²) in [5.41, 5.74) is 0.554. The number of esters is 1. The van der Waals surface area contributed by atoms with E-state index in [4.69, 9.17) is 4.74 Å². The van der Waals surface area contributed by atoms with Gasteiger partial charge >= 0.3 is 5.97 Å². The Kier molecular flexibility index (Phi) is 7.90. The average molecular weight is 515 g/mol. The quantitative estimate of drug-likeness (QED) is 0.514. The van der Waals surface area contributed by atoms with Crippen LogP contribution < -0.4 is 10.0 Å². The van der Waals surface area contributed by atoms with E-state index in [1.807, 2.05) is 0 Å². The van der Waals surface area contributed by atoms with E-state index in [1.165, 1.54) is 49.6 Å². The Morgan fingerprint density at radius 3 is 2.40 bits per heavy atom. The monoisotopic (exact) mass is 514 g/mol. The first-order valence-electron chi connectivity index (χ1n) is 9.65. The lowest BCUT2D eigenvalue weighted by molar-refractivity contribution is -0.124. The molecule has 2 N–H and O–H groups in total. The van der Waals surface area contributed by atoms with Crippen molar-refractivity contribution in [3.05, 3.63) is 45.7 Å². The van der Waals surface area contributed by atoms with Crippen LogP contribution in [0, 0.1) is 5.92 Å². The normalized spacial score (nSPS) is 14.8. The highest BCUT2D eigenvalue weighted by atomic mass is 79.9. The van der Waals surface area contributed by atoms with Crippen molar-refractivity contribution in [2.24, 2.45) is 5.92 Å². The van der Waals surface area contributed by atoms with Crippen molar-refractivity contribution in [3.63, 3.8) is 0 Å². The lowest BCUT2D eigenvalue weighted by Crippen LogP contribution is -2.33. The fourth-order valence-corrected chi connectivity index (χ4v) is 6.31. The second kappa shape index (κ2) is 10.4. The highest BCUT2D eigenvalue weighted by Gasteiger charge is 2.18. The Labute approximate surface area is 188 Å². The van der Waals surface area contributed by atoms with Gasteiger partial charge in [0.1, 0.15) is 4.21 Å². The van der Waals surface area contributed by atoms with Gasteiger partial charge in [0.15, 0.2) is 6.61 Å². The Balaban J connectivity index is 1.47. The molecular formula is C20H23BrN2O5S2. The summed E-state index contributed by atoms with van der Waals surface area (Å²) in [7, 11) is -3.69. The predicted molar refractivity (Wildman–Crippen MR) is 119 cm³/mol. The SMILES string of the molecule is O=C(COC(=O)c1ccc(NS(=O)(=O)c2ccc(Br)s2)cc1)NCC1CCCCC1. The maximum atomic E-state index is 12.3. The van der Waals surface area contributed by atoms with Gasteiger partial charge in [0, 0.05) is 12.2 Å². The zero-order valence-electron chi connectivity index (χ0n) is 16.2. The number of carbonyl (C=O) groups excluding carboxylic acids is 2. The van der Waals surface area contributed by atoms with E-state index in [0.717, 1.165) is 24.2 Å². The molecule has 0 bridgehead atoms. The molecule has 1 aliphatic rings. The van der Waals surface area contributed by atoms with Crippen molar-refractivity contribution < 1.29 is 22.7 Å². The number of amides is 1. The third kappa shape index (κ3) is 6.55. The molecule has 0 atom stereocenters. The van der Waals surface area contributed by atoms with Crippen LogP contribution in [0.4, 0.5) is 5.69 Å². The van der Waals surface area contributed by atoms with Crippen LogP contribution in [0.2, 0.25) is 0 Å². The minimum Gasteiger partial charge on any atom is -0.452 e. The van der Waals surface area contributed by atoms with Crippen molar-refractivity contribution in [1.82, 2.24) is 5.32 Å². The summed E-state index contributed by atoms with van der Waals surface area (Å²) in [5.74, 6) is -0.454. The van der Waals surface area contributed by atoms with Gasteiger partial charge in [-0.15, -0.1) is 11.3 Å². The number of sulfonamides is 1. The molecule has 1 aliphatic carbocycles. The molecule has 162 valence electrons. The molecule has 0 saturated heterocycles. The highest BCUT2D eigenvalue weighted by Crippen LogP contribution is 2.27. The molecular weight excluding hydrogens is 492 g/mol. The van der Waals surface area contributed by atoms with E-state index in [9.17, 15) is 18.0 Å². The zero-order valence-corrected chi connectivity index (χ0v) is 19.4. The molecule has 0 radical (unpaired) electrons. The van der Waals surface area contributed by atoms with Crippen LogP contribution in [0.3, 0.4) is 0 Å². The average Bonchev–Trinajstić information content (AvgIpc) is 3.19. The summed E-state index contributed by atoms with van der Waals surface area (Å²) in [6.45, 7) is 0.277. The fourth-order valence-electron chi connectivity index (χ4n) is 3.24.